The zero-order valence-corrected chi connectivity index (χ0v) is 17.4. The molecule has 1 saturated heterocycles. The molecule has 28 heavy (non-hydrogen) atoms. The van der Waals surface area contributed by atoms with E-state index in [0.717, 1.165) is 50.0 Å². The Balaban J connectivity index is 1.31. The van der Waals surface area contributed by atoms with Gasteiger partial charge in [0.05, 0.1) is 12.8 Å². The van der Waals surface area contributed by atoms with Gasteiger partial charge in [-0.05, 0) is 30.2 Å². The summed E-state index contributed by atoms with van der Waals surface area (Å²) in [4.78, 5) is 9.92. The second-order valence-electron chi connectivity index (χ2n) is 7.36. The van der Waals surface area contributed by atoms with Crippen molar-refractivity contribution in [3.8, 4) is 16.3 Å². The van der Waals surface area contributed by atoms with Crippen molar-refractivity contribution >= 4 is 11.3 Å². The number of nitrogens with zero attached hydrogens (tertiary/aromatic N) is 3. The summed E-state index contributed by atoms with van der Waals surface area (Å²) in [6, 6.07) is 16.9. The maximum atomic E-state index is 5.34. The van der Waals surface area contributed by atoms with E-state index in [4.69, 9.17) is 9.72 Å². The SMILES string of the molecule is COc1cccc(CN2CCN(Cc3csc(-c4ccccc4C)n3)CC2)c1. The molecule has 0 atom stereocenters. The second kappa shape index (κ2) is 8.86. The molecule has 5 heteroatoms. The highest BCUT2D eigenvalue weighted by Crippen LogP contribution is 2.27. The summed E-state index contributed by atoms with van der Waals surface area (Å²) in [7, 11) is 1.72. The lowest BCUT2D eigenvalue weighted by Crippen LogP contribution is -2.45. The average molecular weight is 394 g/mol. The molecule has 0 spiro atoms. The Kier molecular flexibility index (Phi) is 6.05. The summed E-state index contributed by atoms with van der Waals surface area (Å²) in [5.74, 6) is 0.934. The lowest BCUT2D eigenvalue weighted by atomic mass is 10.1. The van der Waals surface area contributed by atoms with E-state index in [1.54, 1.807) is 18.4 Å². The Bertz CT molecular complexity index is 915. The number of ether oxygens (including phenoxy) is 1. The molecule has 2 heterocycles. The molecule has 1 aromatic heterocycles. The topological polar surface area (TPSA) is 28.6 Å². The van der Waals surface area contributed by atoms with Crippen LogP contribution in [0.2, 0.25) is 0 Å². The summed E-state index contributed by atoms with van der Waals surface area (Å²) >= 11 is 1.75. The van der Waals surface area contributed by atoms with Gasteiger partial charge in [-0.1, -0.05) is 36.4 Å². The largest absolute Gasteiger partial charge is 0.497 e. The Labute approximate surface area is 171 Å². The molecule has 0 saturated carbocycles. The molecule has 3 aromatic rings. The van der Waals surface area contributed by atoms with Crippen LogP contribution in [0.4, 0.5) is 0 Å². The Morgan fingerprint density at radius 1 is 0.964 bits per heavy atom. The zero-order valence-electron chi connectivity index (χ0n) is 16.6. The van der Waals surface area contributed by atoms with E-state index in [0.29, 0.717) is 0 Å². The van der Waals surface area contributed by atoms with E-state index < -0.39 is 0 Å². The van der Waals surface area contributed by atoms with Gasteiger partial charge in [0.15, 0.2) is 0 Å². The third-order valence-electron chi connectivity index (χ3n) is 5.32. The normalized spacial score (nSPS) is 15.6. The van der Waals surface area contributed by atoms with Gasteiger partial charge in [-0.25, -0.2) is 4.98 Å². The molecule has 0 unspecified atom stereocenters. The fraction of sp³-hybridized carbons (Fsp3) is 0.348. The monoisotopic (exact) mass is 393 g/mol. The number of thiazole rings is 1. The highest BCUT2D eigenvalue weighted by atomic mass is 32.1. The molecule has 4 nitrogen and oxygen atoms in total. The van der Waals surface area contributed by atoms with Crippen LogP contribution in [0.3, 0.4) is 0 Å². The summed E-state index contributed by atoms with van der Waals surface area (Å²) in [5.41, 5.74) is 5.04. The predicted octanol–water partition coefficient (Wildman–Crippen LogP) is 4.44. The predicted molar refractivity (Wildman–Crippen MR) is 116 cm³/mol. The number of benzene rings is 2. The molecule has 146 valence electrons. The molecule has 2 aromatic carbocycles. The Hall–Kier alpha value is -2.21. The van der Waals surface area contributed by atoms with Crippen molar-refractivity contribution in [3.63, 3.8) is 0 Å². The van der Waals surface area contributed by atoms with Crippen LogP contribution >= 0.6 is 11.3 Å². The lowest BCUT2D eigenvalue weighted by molar-refractivity contribution is 0.121. The van der Waals surface area contributed by atoms with E-state index in [2.05, 4.69) is 64.6 Å². The van der Waals surface area contributed by atoms with Crippen LogP contribution in [0.25, 0.3) is 10.6 Å². The van der Waals surface area contributed by atoms with Crippen LogP contribution in [-0.2, 0) is 13.1 Å². The first-order chi connectivity index (χ1) is 13.7. The van der Waals surface area contributed by atoms with Gasteiger partial charge >= 0.3 is 0 Å². The van der Waals surface area contributed by atoms with Crippen LogP contribution in [0.1, 0.15) is 16.8 Å². The summed E-state index contributed by atoms with van der Waals surface area (Å²) in [5, 5.41) is 3.34. The van der Waals surface area contributed by atoms with Crippen LogP contribution in [0.15, 0.2) is 53.9 Å². The maximum absolute atomic E-state index is 5.34. The number of rotatable bonds is 6. The highest BCUT2D eigenvalue weighted by Gasteiger charge is 2.18. The Morgan fingerprint density at radius 3 is 2.46 bits per heavy atom. The first-order valence-electron chi connectivity index (χ1n) is 9.79. The third-order valence-corrected chi connectivity index (χ3v) is 6.24. The van der Waals surface area contributed by atoms with Gasteiger partial charge < -0.3 is 4.74 Å². The number of methoxy groups -OCH3 is 1. The van der Waals surface area contributed by atoms with Crippen LogP contribution in [-0.4, -0.2) is 48.1 Å². The lowest BCUT2D eigenvalue weighted by Gasteiger charge is -2.34. The number of aryl methyl sites for hydroxylation is 1. The summed E-state index contributed by atoms with van der Waals surface area (Å²) in [6.45, 7) is 8.42. The quantitative estimate of drug-likeness (QED) is 0.619. The maximum Gasteiger partial charge on any atom is 0.123 e. The minimum atomic E-state index is 0.934. The smallest absolute Gasteiger partial charge is 0.123 e. The average Bonchev–Trinajstić information content (AvgIpc) is 3.18. The molecule has 4 rings (SSSR count). The number of hydrogen-bond acceptors (Lipinski definition) is 5. The second-order valence-corrected chi connectivity index (χ2v) is 8.22. The summed E-state index contributed by atoms with van der Waals surface area (Å²) < 4.78 is 5.34. The van der Waals surface area contributed by atoms with Crippen molar-refractivity contribution < 1.29 is 4.74 Å². The molecule has 0 amide bonds. The van der Waals surface area contributed by atoms with Gasteiger partial charge in [0.1, 0.15) is 10.8 Å². The van der Waals surface area contributed by atoms with Crippen LogP contribution in [0, 0.1) is 6.92 Å². The zero-order chi connectivity index (χ0) is 19.3. The van der Waals surface area contributed by atoms with Crippen LogP contribution < -0.4 is 4.74 Å². The van der Waals surface area contributed by atoms with Gasteiger partial charge in [0, 0.05) is 50.2 Å². The molecule has 0 radical (unpaired) electrons. The highest BCUT2D eigenvalue weighted by molar-refractivity contribution is 7.13. The van der Waals surface area contributed by atoms with Crippen molar-refractivity contribution in [2.24, 2.45) is 0 Å². The molecule has 1 aliphatic rings. The van der Waals surface area contributed by atoms with Crippen molar-refractivity contribution in [2.45, 2.75) is 20.0 Å². The molecular weight excluding hydrogens is 366 g/mol. The van der Waals surface area contributed by atoms with Gasteiger partial charge in [-0.2, -0.15) is 0 Å². The third kappa shape index (κ3) is 4.61. The molecular formula is C23H27N3OS. The van der Waals surface area contributed by atoms with Crippen molar-refractivity contribution in [3.05, 3.63) is 70.7 Å². The molecule has 1 aliphatic heterocycles. The number of piperazine rings is 1. The standard InChI is InChI=1S/C23H27N3OS/c1-18-6-3-4-9-22(18)23-24-20(17-28-23)16-26-12-10-25(11-13-26)15-19-7-5-8-21(14-19)27-2/h3-9,14,17H,10-13,15-16H2,1-2H3. The van der Waals surface area contributed by atoms with E-state index in [1.165, 1.54) is 22.4 Å². The van der Waals surface area contributed by atoms with Gasteiger partial charge in [-0.3, -0.25) is 9.80 Å². The Morgan fingerprint density at radius 2 is 1.71 bits per heavy atom. The molecule has 1 fully saturated rings. The molecule has 0 bridgehead atoms. The van der Waals surface area contributed by atoms with Crippen LogP contribution in [0.5, 0.6) is 5.75 Å². The molecule has 0 aliphatic carbocycles. The summed E-state index contributed by atoms with van der Waals surface area (Å²) in [6.07, 6.45) is 0. The number of hydrogen-bond donors (Lipinski definition) is 0. The van der Waals surface area contributed by atoms with E-state index >= 15 is 0 Å². The number of aromatic nitrogens is 1. The van der Waals surface area contributed by atoms with Gasteiger partial charge in [0.25, 0.3) is 0 Å². The fourth-order valence-electron chi connectivity index (χ4n) is 3.68. The first kappa shape index (κ1) is 19.1. The van der Waals surface area contributed by atoms with Gasteiger partial charge in [-0.15, -0.1) is 11.3 Å². The van der Waals surface area contributed by atoms with E-state index in [9.17, 15) is 0 Å². The van der Waals surface area contributed by atoms with E-state index in [1.807, 2.05) is 6.07 Å². The van der Waals surface area contributed by atoms with Crippen molar-refractivity contribution in [1.82, 2.24) is 14.8 Å². The van der Waals surface area contributed by atoms with Crippen molar-refractivity contribution in [2.75, 3.05) is 33.3 Å². The minimum absolute atomic E-state index is 0.934. The minimum Gasteiger partial charge on any atom is -0.497 e. The van der Waals surface area contributed by atoms with Gasteiger partial charge in [0.2, 0.25) is 0 Å². The molecule has 0 N–H and O–H groups in total. The van der Waals surface area contributed by atoms with Crippen molar-refractivity contribution in [1.29, 1.82) is 0 Å². The fourth-order valence-corrected chi connectivity index (χ4v) is 4.58. The van der Waals surface area contributed by atoms with E-state index in [-0.39, 0.29) is 0 Å². The first-order valence-corrected chi connectivity index (χ1v) is 10.7.